The zero-order valence-electron chi connectivity index (χ0n) is 12.0. The number of nitrogens with one attached hydrogen (secondary N) is 1. The van der Waals surface area contributed by atoms with Crippen LogP contribution in [0.15, 0.2) is 24.3 Å². The molecule has 0 amide bonds. The van der Waals surface area contributed by atoms with E-state index in [-0.39, 0.29) is 0 Å². The first-order chi connectivity index (χ1) is 9.34. The van der Waals surface area contributed by atoms with Gasteiger partial charge in [-0.1, -0.05) is 31.4 Å². The van der Waals surface area contributed by atoms with Crippen LogP contribution in [0.4, 0.5) is 0 Å². The van der Waals surface area contributed by atoms with Crippen molar-refractivity contribution in [2.75, 3.05) is 19.7 Å². The minimum absolute atomic E-state index is 0.533. The van der Waals surface area contributed by atoms with E-state index in [2.05, 4.69) is 29.6 Å². The van der Waals surface area contributed by atoms with E-state index in [4.69, 9.17) is 4.74 Å². The first kappa shape index (κ1) is 13.0. The molecule has 2 aliphatic rings. The molecule has 1 aromatic carbocycles. The predicted molar refractivity (Wildman–Crippen MR) is 78.7 cm³/mol. The van der Waals surface area contributed by atoms with Crippen LogP contribution in [0, 0.1) is 5.41 Å². The Bertz CT molecular complexity index is 406. The summed E-state index contributed by atoms with van der Waals surface area (Å²) < 4.78 is 5.54. The van der Waals surface area contributed by atoms with Gasteiger partial charge < -0.3 is 10.1 Å². The molecule has 1 saturated carbocycles. The standard InChI is InChI=1S/C17H25NO/c1-2-19-15-8-6-14(7-9-15)16-12-18-13-17(16)10-4-3-5-11-17/h6-9,16,18H,2-5,10-13H2,1H3. The van der Waals surface area contributed by atoms with Crippen molar-refractivity contribution < 1.29 is 4.74 Å². The Balaban J connectivity index is 1.80. The smallest absolute Gasteiger partial charge is 0.119 e. The Morgan fingerprint density at radius 2 is 1.89 bits per heavy atom. The van der Waals surface area contributed by atoms with Crippen LogP contribution in [0.1, 0.15) is 50.5 Å². The second kappa shape index (κ2) is 5.54. The highest BCUT2D eigenvalue weighted by molar-refractivity contribution is 5.32. The average Bonchev–Trinajstić information content (AvgIpc) is 2.84. The van der Waals surface area contributed by atoms with Crippen molar-refractivity contribution in [1.29, 1.82) is 0 Å². The molecule has 0 bridgehead atoms. The zero-order valence-corrected chi connectivity index (χ0v) is 12.0. The van der Waals surface area contributed by atoms with Gasteiger partial charge in [-0.05, 0) is 42.9 Å². The van der Waals surface area contributed by atoms with Crippen molar-refractivity contribution in [3.05, 3.63) is 29.8 Å². The highest BCUT2D eigenvalue weighted by atomic mass is 16.5. The maximum absolute atomic E-state index is 5.54. The third kappa shape index (κ3) is 2.51. The lowest BCUT2D eigenvalue weighted by atomic mass is 9.66. The quantitative estimate of drug-likeness (QED) is 0.893. The largest absolute Gasteiger partial charge is 0.494 e. The van der Waals surface area contributed by atoms with Crippen LogP contribution in [-0.4, -0.2) is 19.7 Å². The molecule has 1 N–H and O–H groups in total. The summed E-state index contributed by atoms with van der Waals surface area (Å²) in [7, 11) is 0. The summed E-state index contributed by atoms with van der Waals surface area (Å²) in [5.74, 6) is 1.69. The van der Waals surface area contributed by atoms with E-state index in [0.29, 0.717) is 11.3 Å². The van der Waals surface area contributed by atoms with Gasteiger partial charge in [0.2, 0.25) is 0 Å². The molecule has 2 nitrogen and oxygen atoms in total. The van der Waals surface area contributed by atoms with Crippen molar-refractivity contribution in [2.45, 2.75) is 44.9 Å². The van der Waals surface area contributed by atoms with Crippen molar-refractivity contribution >= 4 is 0 Å². The number of rotatable bonds is 3. The van der Waals surface area contributed by atoms with Crippen molar-refractivity contribution in [3.8, 4) is 5.75 Å². The Hall–Kier alpha value is -1.02. The van der Waals surface area contributed by atoms with Gasteiger partial charge in [-0.3, -0.25) is 0 Å². The summed E-state index contributed by atoms with van der Waals surface area (Å²) in [4.78, 5) is 0. The predicted octanol–water partition coefficient (Wildman–Crippen LogP) is 3.72. The summed E-state index contributed by atoms with van der Waals surface area (Å²) in [5, 5.41) is 3.64. The van der Waals surface area contributed by atoms with E-state index in [1.165, 1.54) is 44.2 Å². The van der Waals surface area contributed by atoms with Crippen molar-refractivity contribution in [2.24, 2.45) is 5.41 Å². The van der Waals surface area contributed by atoms with Gasteiger partial charge in [0.05, 0.1) is 6.61 Å². The first-order valence-corrected chi connectivity index (χ1v) is 7.77. The minimum Gasteiger partial charge on any atom is -0.494 e. The van der Waals surface area contributed by atoms with Gasteiger partial charge in [0.15, 0.2) is 0 Å². The van der Waals surface area contributed by atoms with Gasteiger partial charge in [0.1, 0.15) is 5.75 Å². The molecule has 1 aromatic rings. The molecule has 2 heteroatoms. The van der Waals surface area contributed by atoms with E-state index in [1.54, 1.807) is 0 Å². The fraction of sp³-hybridized carbons (Fsp3) is 0.647. The van der Waals surface area contributed by atoms with E-state index in [1.807, 2.05) is 6.92 Å². The highest BCUT2D eigenvalue weighted by Crippen LogP contribution is 2.49. The molecule has 1 unspecified atom stereocenters. The lowest BCUT2D eigenvalue weighted by Crippen LogP contribution is -2.31. The third-order valence-corrected chi connectivity index (χ3v) is 5.01. The molecule has 3 rings (SSSR count). The SMILES string of the molecule is CCOc1ccc(C2CNCC23CCCCC3)cc1. The van der Waals surface area contributed by atoms with Crippen LogP contribution < -0.4 is 10.1 Å². The summed E-state index contributed by atoms with van der Waals surface area (Å²) in [5.41, 5.74) is 2.03. The second-order valence-electron chi connectivity index (χ2n) is 6.11. The fourth-order valence-electron chi connectivity index (χ4n) is 4.02. The van der Waals surface area contributed by atoms with Crippen LogP contribution in [0.5, 0.6) is 5.75 Å². The molecule has 1 spiro atoms. The van der Waals surface area contributed by atoms with Gasteiger partial charge in [-0.2, -0.15) is 0 Å². The summed E-state index contributed by atoms with van der Waals surface area (Å²) in [6.07, 6.45) is 7.05. The Kier molecular flexibility index (Phi) is 3.79. The van der Waals surface area contributed by atoms with Gasteiger partial charge in [0.25, 0.3) is 0 Å². The number of hydrogen-bond donors (Lipinski definition) is 1. The molecule has 1 saturated heterocycles. The summed E-state index contributed by atoms with van der Waals surface area (Å²) in [6.45, 7) is 5.14. The van der Waals surface area contributed by atoms with Crippen molar-refractivity contribution in [3.63, 3.8) is 0 Å². The summed E-state index contributed by atoms with van der Waals surface area (Å²) >= 11 is 0. The molecule has 1 aliphatic heterocycles. The zero-order chi connectivity index (χ0) is 13.1. The van der Waals surface area contributed by atoms with Crippen LogP contribution >= 0.6 is 0 Å². The Morgan fingerprint density at radius 1 is 1.16 bits per heavy atom. The monoisotopic (exact) mass is 259 g/mol. The topological polar surface area (TPSA) is 21.3 Å². The number of hydrogen-bond acceptors (Lipinski definition) is 2. The lowest BCUT2D eigenvalue weighted by molar-refractivity contribution is 0.189. The van der Waals surface area contributed by atoms with Crippen LogP contribution in [0.3, 0.4) is 0 Å². The van der Waals surface area contributed by atoms with Crippen LogP contribution in [-0.2, 0) is 0 Å². The molecule has 1 aliphatic carbocycles. The molecule has 0 aromatic heterocycles. The van der Waals surface area contributed by atoms with Crippen LogP contribution in [0.2, 0.25) is 0 Å². The number of ether oxygens (including phenoxy) is 1. The van der Waals surface area contributed by atoms with Gasteiger partial charge >= 0.3 is 0 Å². The average molecular weight is 259 g/mol. The van der Waals surface area contributed by atoms with E-state index in [9.17, 15) is 0 Å². The van der Waals surface area contributed by atoms with E-state index < -0.39 is 0 Å². The van der Waals surface area contributed by atoms with E-state index >= 15 is 0 Å². The van der Waals surface area contributed by atoms with Gasteiger partial charge in [0, 0.05) is 19.0 Å². The maximum atomic E-state index is 5.54. The molecular formula is C17H25NO. The molecule has 0 radical (unpaired) electrons. The second-order valence-corrected chi connectivity index (χ2v) is 6.11. The molecule has 1 heterocycles. The van der Waals surface area contributed by atoms with E-state index in [0.717, 1.165) is 18.9 Å². The Morgan fingerprint density at radius 3 is 2.58 bits per heavy atom. The highest BCUT2D eigenvalue weighted by Gasteiger charge is 2.43. The fourth-order valence-corrected chi connectivity index (χ4v) is 4.02. The minimum atomic E-state index is 0.533. The summed E-state index contributed by atoms with van der Waals surface area (Å²) in [6, 6.07) is 8.82. The van der Waals surface area contributed by atoms with Gasteiger partial charge in [-0.25, -0.2) is 0 Å². The lowest BCUT2D eigenvalue weighted by Gasteiger charge is -2.38. The number of benzene rings is 1. The molecule has 104 valence electrons. The molecule has 1 atom stereocenters. The molecule has 19 heavy (non-hydrogen) atoms. The van der Waals surface area contributed by atoms with Crippen molar-refractivity contribution in [1.82, 2.24) is 5.32 Å². The first-order valence-electron chi connectivity index (χ1n) is 7.77. The Labute approximate surface area is 116 Å². The maximum Gasteiger partial charge on any atom is 0.119 e. The van der Waals surface area contributed by atoms with Gasteiger partial charge in [-0.15, -0.1) is 0 Å². The third-order valence-electron chi connectivity index (χ3n) is 5.01. The molecule has 2 fully saturated rings. The normalized spacial score (nSPS) is 25.6. The van der Waals surface area contributed by atoms with Crippen LogP contribution in [0.25, 0.3) is 0 Å². The molecular weight excluding hydrogens is 234 g/mol.